The van der Waals surface area contributed by atoms with Crippen molar-refractivity contribution in [3.05, 3.63) is 65.7 Å². The molecule has 0 atom stereocenters. The van der Waals surface area contributed by atoms with Gasteiger partial charge in [-0.05, 0) is 42.3 Å². The fourth-order valence-electron chi connectivity index (χ4n) is 2.04. The molecule has 3 heteroatoms. The molecule has 2 rings (SSSR count). The molecule has 0 saturated heterocycles. The minimum absolute atomic E-state index is 0.497. The van der Waals surface area contributed by atoms with E-state index in [1.54, 1.807) is 7.11 Å². The minimum Gasteiger partial charge on any atom is -0.493 e. The summed E-state index contributed by atoms with van der Waals surface area (Å²) in [5, 5.41) is 0. The van der Waals surface area contributed by atoms with Crippen molar-refractivity contribution in [1.82, 2.24) is 0 Å². The van der Waals surface area contributed by atoms with E-state index >= 15 is 0 Å². The van der Waals surface area contributed by atoms with Gasteiger partial charge in [0.05, 0.1) is 7.11 Å². The van der Waals surface area contributed by atoms with Crippen LogP contribution in [0, 0.1) is 0 Å². The summed E-state index contributed by atoms with van der Waals surface area (Å²) in [5.74, 6) is 1.49. The fraction of sp³-hybridized carbons (Fsp3) is 0.222. The van der Waals surface area contributed by atoms with Gasteiger partial charge in [0, 0.05) is 0 Å². The third kappa shape index (κ3) is 4.65. The topological polar surface area (TPSA) is 44.5 Å². The minimum atomic E-state index is 0.497. The van der Waals surface area contributed by atoms with Crippen molar-refractivity contribution in [3.63, 3.8) is 0 Å². The third-order valence-electron chi connectivity index (χ3n) is 3.11. The molecule has 110 valence electrons. The van der Waals surface area contributed by atoms with Crippen LogP contribution in [0.1, 0.15) is 11.1 Å². The van der Waals surface area contributed by atoms with E-state index in [1.165, 1.54) is 0 Å². The highest BCUT2D eigenvalue weighted by Gasteiger charge is 2.04. The van der Waals surface area contributed by atoms with Crippen LogP contribution in [0.3, 0.4) is 0 Å². The Morgan fingerprint density at radius 1 is 1.05 bits per heavy atom. The monoisotopic (exact) mass is 283 g/mol. The number of hydrogen-bond donors (Lipinski definition) is 1. The Balaban J connectivity index is 1.98. The summed E-state index contributed by atoms with van der Waals surface area (Å²) in [5.41, 5.74) is 7.89. The molecule has 0 aliphatic heterocycles. The predicted octanol–water partition coefficient (Wildman–Crippen LogP) is 3.29. The quantitative estimate of drug-likeness (QED) is 0.848. The lowest BCUT2D eigenvalue weighted by Crippen LogP contribution is -2.03. The Labute approximate surface area is 126 Å². The number of ether oxygens (including phenoxy) is 2. The highest BCUT2D eigenvalue weighted by Crippen LogP contribution is 2.28. The van der Waals surface area contributed by atoms with Gasteiger partial charge in [-0.15, -0.1) is 0 Å². The summed E-state index contributed by atoms with van der Waals surface area (Å²) in [6.07, 6.45) is 4.86. The van der Waals surface area contributed by atoms with Crippen molar-refractivity contribution in [2.45, 2.75) is 6.42 Å². The molecule has 21 heavy (non-hydrogen) atoms. The van der Waals surface area contributed by atoms with Crippen LogP contribution in [0.25, 0.3) is 6.08 Å². The first-order chi connectivity index (χ1) is 10.3. The normalized spacial score (nSPS) is 10.8. The van der Waals surface area contributed by atoms with E-state index in [0.717, 1.165) is 29.0 Å². The van der Waals surface area contributed by atoms with Gasteiger partial charge in [0.25, 0.3) is 0 Å². The molecule has 3 nitrogen and oxygen atoms in total. The Morgan fingerprint density at radius 3 is 2.57 bits per heavy atom. The summed E-state index contributed by atoms with van der Waals surface area (Å²) < 4.78 is 11.1. The molecule has 2 N–H and O–H groups in total. The van der Waals surface area contributed by atoms with Gasteiger partial charge in [-0.25, -0.2) is 0 Å². The van der Waals surface area contributed by atoms with Gasteiger partial charge in [-0.3, -0.25) is 0 Å². The lowest BCUT2D eigenvalue weighted by Gasteiger charge is -2.11. The first-order valence-corrected chi connectivity index (χ1v) is 7.05. The molecular formula is C18H21NO2. The Hall–Kier alpha value is -2.26. The highest BCUT2D eigenvalue weighted by molar-refractivity contribution is 5.49. The molecule has 0 saturated carbocycles. The van der Waals surface area contributed by atoms with E-state index in [9.17, 15) is 0 Å². The number of benzene rings is 2. The average molecular weight is 283 g/mol. The first kappa shape index (κ1) is 15.1. The Morgan fingerprint density at radius 2 is 1.86 bits per heavy atom. The molecule has 0 bridgehead atoms. The second kappa shape index (κ2) is 8.12. The van der Waals surface area contributed by atoms with Crippen molar-refractivity contribution in [2.75, 3.05) is 20.3 Å². The van der Waals surface area contributed by atoms with Crippen molar-refractivity contribution in [2.24, 2.45) is 5.73 Å². The maximum absolute atomic E-state index is 5.78. The summed E-state index contributed by atoms with van der Waals surface area (Å²) >= 11 is 0. The molecular weight excluding hydrogens is 262 g/mol. The zero-order valence-electron chi connectivity index (χ0n) is 12.3. The largest absolute Gasteiger partial charge is 0.493 e. The van der Waals surface area contributed by atoms with Crippen LogP contribution in [-0.2, 0) is 6.42 Å². The average Bonchev–Trinajstić information content (AvgIpc) is 2.53. The van der Waals surface area contributed by atoms with E-state index in [1.807, 2.05) is 48.6 Å². The lowest BCUT2D eigenvalue weighted by atomic mass is 10.1. The van der Waals surface area contributed by atoms with Crippen LogP contribution in [0.5, 0.6) is 11.5 Å². The third-order valence-corrected chi connectivity index (χ3v) is 3.11. The van der Waals surface area contributed by atoms with Crippen LogP contribution in [0.4, 0.5) is 0 Å². The van der Waals surface area contributed by atoms with Crippen molar-refractivity contribution >= 4 is 6.08 Å². The zero-order valence-corrected chi connectivity index (χ0v) is 12.3. The maximum atomic E-state index is 5.78. The van der Waals surface area contributed by atoms with Crippen LogP contribution >= 0.6 is 0 Å². The molecule has 0 amide bonds. The SMILES string of the molecule is COc1ccc(CCN)cc1OC/C=C/c1ccccc1. The van der Waals surface area contributed by atoms with E-state index in [2.05, 4.69) is 12.1 Å². The van der Waals surface area contributed by atoms with Gasteiger partial charge in [0.1, 0.15) is 6.61 Å². The summed E-state index contributed by atoms with van der Waals surface area (Å²) in [7, 11) is 1.64. The number of nitrogens with two attached hydrogens (primary N) is 1. The van der Waals surface area contributed by atoms with Gasteiger partial charge in [-0.2, -0.15) is 0 Å². The second-order valence-electron chi connectivity index (χ2n) is 4.65. The molecule has 0 aliphatic rings. The van der Waals surface area contributed by atoms with Gasteiger partial charge < -0.3 is 15.2 Å². The summed E-state index contributed by atoms with van der Waals surface area (Å²) in [6.45, 7) is 1.12. The predicted molar refractivity (Wildman–Crippen MR) is 86.7 cm³/mol. The van der Waals surface area contributed by atoms with Crippen LogP contribution in [-0.4, -0.2) is 20.3 Å². The molecule has 2 aromatic rings. The molecule has 0 radical (unpaired) electrons. The van der Waals surface area contributed by atoms with E-state index in [0.29, 0.717) is 13.2 Å². The van der Waals surface area contributed by atoms with Crippen LogP contribution in [0.15, 0.2) is 54.6 Å². The zero-order chi connectivity index (χ0) is 14.9. The van der Waals surface area contributed by atoms with Crippen molar-refractivity contribution in [1.29, 1.82) is 0 Å². The van der Waals surface area contributed by atoms with Gasteiger partial charge >= 0.3 is 0 Å². The van der Waals surface area contributed by atoms with Gasteiger partial charge in [0.2, 0.25) is 0 Å². The fourth-order valence-corrected chi connectivity index (χ4v) is 2.04. The smallest absolute Gasteiger partial charge is 0.161 e. The molecule has 2 aromatic carbocycles. The van der Waals surface area contributed by atoms with E-state index in [-0.39, 0.29) is 0 Å². The Kier molecular flexibility index (Phi) is 5.85. The second-order valence-corrected chi connectivity index (χ2v) is 4.65. The molecule has 0 spiro atoms. The summed E-state index contributed by atoms with van der Waals surface area (Å²) in [4.78, 5) is 0. The molecule has 0 aliphatic carbocycles. The lowest BCUT2D eigenvalue weighted by molar-refractivity contribution is 0.326. The first-order valence-electron chi connectivity index (χ1n) is 7.05. The summed E-state index contributed by atoms with van der Waals surface area (Å²) in [6, 6.07) is 16.1. The highest BCUT2D eigenvalue weighted by atomic mass is 16.5. The molecule has 0 unspecified atom stereocenters. The maximum Gasteiger partial charge on any atom is 0.161 e. The standard InChI is InChI=1S/C18H21NO2/c1-20-17-10-9-16(11-12-19)14-18(17)21-13-5-8-15-6-3-2-4-7-15/h2-10,14H,11-13,19H2,1H3/b8-5+. The molecule has 0 aromatic heterocycles. The molecule has 0 fully saturated rings. The molecule has 0 heterocycles. The number of rotatable bonds is 7. The number of methoxy groups -OCH3 is 1. The van der Waals surface area contributed by atoms with E-state index < -0.39 is 0 Å². The van der Waals surface area contributed by atoms with Gasteiger partial charge in [-0.1, -0.05) is 42.5 Å². The van der Waals surface area contributed by atoms with Crippen LogP contribution < -0.4 is 15.2 Å². The van der Waals surface area contributed by atoms with Crippen molar-refractivity contribution in [3.8, 4) is 11.5 Å². The van der Waals surface area contributed by atoms with Gasteiger partial charge in [0.15, 0.2) is 11.5 Å². The van der Waals surface area contributed by atoms with E-state index in [4.69, 9.17) is 15.2 Å². The number of hydrogen-bond acceptors (Lipinski definition) is 3. The Bertz CT molecular complexity index is 579. The van der Waals surface area contributed by atoms with Crippen molar-refractivity contribution < 1.29 is 9.47 Å². The van der Waals surface area contributed by atoms with Crippen LogP contribution in [0.2, 0.25) is 0 Å².